The number of hydrogen-bond donors (Lipinski definition) is 1. The van der Waals surface area contributed by atoms with E-state index in [2.05, 4.69) is 4.90 Å². The van der Waals surface area contributed by atoms with Gasteiger partial charge in [-0.05, 0) is 25.1 Å². The Morgan fingerprint density at radius 1 is 1.42 bits per heavy atom. The number of nitrogens with zero attached hydrogens (tertiary/aromatic N) is 1. The van der Waals surface area contributed by atoms with E-state index in [4.69, 9.17) is 26.8 Å². The quantitative estimate of drug-likeness (QED) is 0.899. The molecule has 1 atom stereocenters. The van der Waals surface area contributed by atoms with Crippen LogP contribution in [0, 0.1) is 0 Å². The van der Waals surface area contributed by atoms with E-state index in [1.807, 2.05) is 25.1 Å². The average molecular weight is 285 g/mol. The normalized spacial score (nSPS) is 18.3. The van der Waals surface area contributed by atoms with Gasteiger partial charge in [0.1, 0.15) is 12.4 Å². The minimum absolute atomic E-state index is 0.0860. The van der Waals surface area contributed by atoms with Gasteiger partial charge in [0, 0.05) is 36.3 Å². The van der Waals surface area contributed by atoms with Crippen LogP contribution < -0.4 is 10.5 Å². The number of nitrogens with two attached hydrogens (primary N) is 1. The molecule has 0 radical (unpaired) electrons. The van der Waals surface area contributed by atoms with Crippen molar-refractivity contribution in [3.05, 3.63) is 28.8 Å². The van der Waals surface area contributed by atoms with Crippen LogP contribution in [0.5, 0.6) is 5.75 Å². The average Bonchev–Trinajstić information content (AvgIpc) is 2.41. The molecular formula is C14H21ClN2O2. The van der Waals surface area contributed by atoms with Crippen molar-refractivity contribution in [3.8, 4) is 5.75 Å². The zero-order valence-electron chi connectivity index (χ0n) is 11.3. The van der Waals surface area contributed by atoms with Gasteiger partial charge in [0.05, 0.1) is 13.2 Å². The van der Waals surface area contributed by atoms with Crippen LogP contribution in [-0.4, -0.2) is 44.4 Å². The first-order chi connectivity index (χ1) is 9.16. The lowest BCUT2D eigenvalue weighted by Gasteiger charge is -2.26. The Morgan fingerprint density at radius 3 is 2.84 bits per heavy atom. The van der Waals surface area contributed by atoms with Gasteiger partial charge in [0.2, 0.25) is 0 Å². The van der Waals surface area contributed by atoms with Crippen LogP contribution in [0.15, 0.2) is 18.2 Å². The smallest absolute Gasteiger partial charge is 0.124 e. The van der Waals surface area contributed by atoms with Crippen LogP contribution in [0.1, 0.15) is 18.5 Å². The molecule has 0 bridgehead atoms. The van der Waals surface area contributed by atoms with Gasteiger partial charge in [-0.3, -0.25) is 4.90 Å². The topological polar surface area (TPSA) is 47.7 Å². The van der Waals surface area contributed by atoms with Crippen molar-refractivity contribution in [1.29, 1.82) is 0 Å². The molecule has 1 aromatic rings. The van der Waals surface area contributed by atoms with Crippen molar-refractivity contribution >= 4 is 11.6 Å². The third kappa shape index (κ3) is 4.35. The number of morpholine rings is 1. The Kier molecular flexibility index (Phi) is 5.45. The molecule has 0 unspecified atom stereocenters. The number of ether oxygens (including phenoxy) is 2. The molecule has 1 fully saturated rings. The molecule has 0 spiro atoms. The Bertz CT molecular complexity index is 406. The van der Waals surface area contributed by atoms with E-state index in [9.17, 15) is 0 Å². The highest BCUT2D eigenvalue weighted by atomic mass is 35.5. The molecule has 1 aliphatic heterocycles. The van der Waals surface area contributed by atoms with E-state index in [0.717, 1.165) is 44.2 Å². The van der Waals surface area contributed by atoms with Crippen LogP contribution >= 0.6 is 11.6 Å². The molecule has 2 rings (SSSR count). The van der Waals surface area contributed by atoms with Crippen molar-refractivity contribution in [2.75, 3.05) is 39.5 Å². The molecule has 1 aromatic carbocycles. The van der Waals surface area contributed by atoms with Crippen LogP contribution in [0.25, 0.3) is 0 Å². The summed E-state index contributed by atoms with van der Waals surface area (Å²) in [5, 5.41) is 0.688. The minimum atomic E-state index is -0.0860. The fraction of sp³-hybridized carbons (Fsp3) is 0.571. The highest BCUT2D eigenvalue weighted by molar-refractivity contribution is 6.30. The second kappa shape index (κ2) is 7.10. The Labute approximate surface area is 119 Å². The van der Waals surface area contributed by atoms with Crippen LogP contribution in [-0.2, 0) is 4.74 Å². The summed E-state index contributed by atoms with van der Waals surface area (Å²) in [7, 11) is 0. The number of benzene rings is 1. The van der Waals surface area contributed by atoms with Crippen LogP contribution in [0.4, 0.5) is 0 Å². The molecule has 0 saturated carbocycles. The first kappa shape index (κ1) is 14.6. The van der Waals surface area contributed by atoms with Crippen molar-refractivity contribution in [1.82, 2.24) is 4.90 Å². The zero-order valence-corrected chi connectivity index (χ0v) is 12.0. The van der Waals surface area contributed by atoms with E-state index in [-0.39, 0.29) is 6.04 Å². The van der Waals surface area contributed by atoms with E-state index in [1.165, 1.54) is 0 Å². The Morgan fingerprint density at radius 2 is 2.16 bits per heavy atom. The summed E-state index contributed by atoms with van der Waals surface area (Å²) >= 11 is 5.98. The SMILES string of the molecule is C[C@@H](N)c1cc(Cl)ccc1OCCN1CCOCC1. The summed E-state index contributed by atoms with van der Waals surface area (Å²) in [6, 6.07) is 5.51. The maximum absolute atomic E-state index is 5.98. The van der Waals surface area contributed by atoms with E-state index in [0.29, 0.717) is 11.6 Å². The van der Waals surface area contributed by atoms with Gasteiger partial charge in [-0.1, -0.05) is 11.6 Å². The molecule has 0 amide bonds. The second-order valence-electron chi connectivity index (χ2n) is 4.77. The van der Waals surface area contributed by atoms with Crippen molar-refractivity contribution in [2.45, 2.75) is 13.0 Å². The lowest BCUT2D eigenvalue weighted by molar-refractivity contribution is 0.0322. The van der Waals surface area contributed by atoms with Gasteiger partial charge >= 0.3 is 0 Å². The van der Waals surface area contributed by atoms with Crippen molar-refractivity contribution < 1.29 is 9.47 Å². The lowest BCUT2D eigenvalue weighted by atomic mass is 10.1. The predicted molar refractivity (Wildman–Crippen MR) is 76.8 cm³/mol. The third-order valence-corrected chi connectivity index (χ3v) is 3.47. The standard InChI is InChI=1S/C14H21ClN2O2/c1-11(16)13-10-12(15)2-3-14(13)19-9-6-17-4-7-18-8-5-17/h2-3,10-11H,4-9,16H2,1H3/t11-/m1/s1. The largest absolute Gasteiger partial charge is 0.492 e. The summed E-state index contributed by atoms with van der Waals surface area (Å²) in [5.74, 6) is 0.827. The molecule has 0 aromatic heterocycles. The van der Waals surface area contributed by atoms with Gasteiger partial charge in [0.25, 0.3) is 0 Å². The number of rotatable bonds is 5. The van der Waals surface area contributed by atoms with Gasteiger partial charge < -0.3 is 15.2 Å². The van der Waals surface area contributed by atoms with Gasteiger partial charge in [0.15, 0.2) is 0 Å². The highest BCUT2D eigenvalue weighted by Gasteiger charge is 2.12. The first-order valence-corrected chi connectivity index (χ1v) is 7.02. The number of hydrogen-bond acceptors (Lipinski definition) is 4. The third-order valence-electron chi connectivity index (χ3n) is 3.23. The monoisotopic (exact) mass is 284 g/mol. The van der Waals surface area contributed by atoms with Gasteiger partial charge in [-0.25, -0.2) is 0 Å². The van der Waals surface area contributed by atoms with E-state index in [1.54, 1.807) is 0 Å². The van der Waals surface area contributed by atoms with Crippen molar-refractivity contribution in [2.24, 2.45) is 5.73 Å². The first-order valence-electron chi connectivity index (χ1n) is 6.65. The van der Waals surface area contributed by atoms with Crippen LogP contribution in [0.3, 0.4) is 0 Å². The molecule has 4 nitrogen and oxygen atoms in total. The molecule has 1 aliphatic rings. The second-order valence-corrected chi connectivity index (χ2v) is 5.21. The number of halogens is 1. The lowest BCUT2D eigenvalue weighted by Crippen LogP contribution is -2.38. The Balaban J connectivity index is 1.88. The maximum Gasteiger partial charge on any atom is 0.124 e. The van der Waals surface area contributed by atoms with E-state index >= 15 is 0 Å². The molecule has 1 heterocycles. The van der Waals surface area contributed by atoms with Crippen molar-refractivity contribution in [3.63, 3.8) is 0 Å². The predicted octanol–water partition coefficient (Wildman–Crippen LogP) is 2.07. The summed E-state index contributed by atoms with van der Waals surface area (Å²) < 4.78 is 11.1. The molecule has 0 aliphatic carbocycles. The molecule has 1 saturated heterocycles. The summed E-state index contributed by atoms with van der Waals surface area (Å²) in [6.45, 7) is 7.07. The van der Waals surface area contributed by atoms with Gasteiger partial charge in [-0.15, -0.1) is 0 Å². The van der Waals surface area contributed by atoms with Gasteiger partial charge in [-0.2, -0.15) is 0 Å². The zero-order chi connectivity index (χ0) is 13.7. The summed E-state index contributed by atoms with van der Waals surface area (Å²) in [6.07, 6.45) is 0. The summed E-state index contributed by atoms with van der Waals surface area (Å²) in [4.78, 5) is 2.34. The van der Waals surface area contributed by atoms with Crippen LogP contribution in [0.2, 0.25) is 5.02 Å². The highest BCUT2D eigenvalue weighted by Crippen LogP contribution is 2.27. The molecule has 2 N–H and O–H groups in total. The molecular weight excluding hydrogens is 264 g/mol. The van der Waals surface area contributed by atoms with E-state index < -0.39 is 0 Å². The summed E-state index contributed by atoms with van der Waals surface area (Å²) in [5.41, 5.74) is 6.89. The molecule has 106 valence electrons. The fourth-order valence-electron chi connectivity index (χ4n) is 2.12. The molecule has 19 heavy (non-hydrogen) atoms. The minimum Gasteiger partial charge on any atom is -0.492 e. The Hall–Kier alpha value is -0.810. The fourth-order valence-corrected chi connectivity index (χ4v) is 2.30. The molecule has 5 heteroatoms. The maximum atomic E-state index is 5.98.